The molecule has 1 N–H and O–H groups in total. The van der Waals surface area contributed by atoms with Gasteiger partial charge in [0.25, 0.3) is 11.5 Å². The van der Waals surface area contributed by atoms with Gasteiger partial charge in [0.05, 0.1) is 0 Å². The smallest absolute Gasteiger partial charge is 0.295 e. The molecule has 1 heterocycles. The quantitative estimate of drug-likeness (QED) is 0.769. The molecule has 0 saturated carbocycles. The highest BCUT2D eigenvalue weighted by Gasteiger charge is 2.13. The largest absolute Gasteiger partial charge is 0.406 e. The van der Waals surface area contributed by atoms with Crippen LogP contribution >= 0.6 is 0 Å². The molecule has 0 spiro atoms. The van der Waals surface area contributed by atoms with Gasteiger partial charge in [-0.05, 0) is 49.2 Å². The van der Waals surface area contributed by atoms with Crippen LogP contribution in [0.25, 0.3) is 0 Å². The van der Waals surface area contributed by atoms with E-state index in [4.69, 9.17) is 4.84 Å². The predicted molar refractivity (Wildman–Crippen MR) is 101 cm³/mol. The number of aromatic nitrogens is 1. The van der Waals surface area contributed by atoms with E-state index in [1.165, 1.54) is 12.3 Å². The van der Waals surface area contributed by atoms with Gasteiger partial charge in [0.15, 0.2) is 0 Å². The molecule has 5 nitrogen and oxygen atoms in total. The SMILES string of the molecule is Cc1ccc(COn2cccc(C(=O)Nc3cccc(C)c3)c2=O)cc1. The number of nitrogens with one attached hydrogen (secondary N) is 1. The highest BCUT2D eigenvalue weighted by molar-refractivity contribution is 6.03. The van der Waals surface area contributed by atoms with E-state index in [2.05, 4.69) is 5.32 Å². The number of amides is 1. The zero-order valence-corrected chi connectivity index (χ0v) is 14.7. The maximum atomic E-state index is 12.5. The van der Waals surface area contributed by atoms with Crippen molar-refractivity contribution in [3.8, 4) is 0 Å². The zero-order valence-electron chi connectivity index (χ0n) is 14.7. The Bertz CT molecular complexity index is 975. The Morgan fingerprint density at radius 1 is 1.00 bits per heavy atom. The van der Waals surface area contributed by atoms with Gasteiger partial charge >= 0.3 is 0 Å². The summed E-state index contributed by atoms with van der Waals surface area (Å²) in [6.07, 6.45) is 1.50. The average molecular weight is 348 g/mol. The molecule has 1 aromatic heterocycles. The fourth-order valence-electron chi connectivity index (χ4n) is 2.50. The lowest BCUT2D eigenvalue weighted by molar-refractivity contribution is 0.0863. The molecule has 132 valence electrons. The molecule has 0 unspecified atom stereocenters. The van der Waals surface area contributed by atoms with Gasteiger partial charge in [-0.1, -0.05) is 42.0 Å². The van der Waals surface area contributed by atoms with Crippen molar-refractivity contribution in [2.45, 2.75) is 20.5 Å². The molecule has 0 aliphatic carbocycles. The van der Waals surface area contributed by atoms with Crippen molar-refractivity contribution >= 4 is 11.6 Å². The summed E-state index contributed by atoms with van der Waals surface area (Å²) in [4.78, 5) is 30.5. The van der Waals surface area contributed by atoms with Gasteiger partial charge in [-0.3, -0.25) is 9.59 Å². The number of nitrogens with zero attached hydrogens (tertiary/aromatic N) is 1. The number of anilines is 1. The van der Waals surface area contributed by atoms with Crippen LogP contribution < -0.4 is 15.7 Å². The van der Waals surface area contributed by atoms with Gasteiger partial charge in [0, 0.05) is 11.9 Å². The molecule has 0 bridgehead atoms. The van der Waals surface area contributed by atoms with Crippen LogP contribution in [0.2, 0.25) is 0 Å². The number of rotatable bonds is 5. The topological polar surface area (TPSA) is 60.3 Å². The summed E-state index contributed by atoms with van der Waals surface area (Å²) in [7, 11) is 0. The molecule has 0 atom stereocenters. The Morgan fingerprint density at radius 3 is 2.50 bits per heavy atom. The molecule has 26 heavy (non-hydrogen) atoms. The second-order valence-corrected chi connectivity index (χ2v) is 6.14. The number of hydrogen-bond acceptors (Lipinski definition) is 3. The average Bonchev–Trinajstić information content (AvgIpc) is 2.62. The van der Waals surface area contributed by atoms with Crippen molar-refractivity contribution in [2.75, 3.05) is 5.32 Å². The molecule has 0 aliphatic heterocycles. The fraction of sp³-hybridized carbons (Fsp3) is 0.143. The second kappa shape index (κ2) is 7.70. The molecule has 3 aromatic rings. The van der Waals surface area contributed by atoms with E-state index >= 15 is 0 Å². The number of hydrogen-bond donors (Lipinski definition) is 1. The number of carbonyl (C=O) groups is 1. The Balaban J connectivity index is 1.75. The van der Waals surface area contributed by atoms with E-state index in [9.17, 15) is 9.59 Å². The molecule has 0 fully saturated rings. The summed E-state index contributed by atoms with van der Waals surface area (Å²) in [6, 6.07) is 18.3. The summed E-state index contributed by atoms with van der Waals surface area (Å²) in [5.74, 6) is -0.464. The van der Waals surface area contributed by atoms with E-state index in [-0.39, 0.29) is 12.2 Å². The first-order valence-electron chi connectivity index (χ1n) is 8.31. The maximum Gasteiger partial charge on any atom is 0.295 e. The first-order valence-corrected chi connectivity index (χ1v) is 8.31. The fourth-order valence-corrected chi connectivity index (χ4v) is 2.50. The van der Waals surface area contributed by atoms with Crippen LogP contribution in [0.5, 0.6) is 0 Å². The standard InChI is InChI=1S/C21H20N2O3/c1-15-8-10-17(11-9-15)14-26-23-12-4-7-19(21(23)25)20(24)22-18-6-3-5-16(2)13-18/h3-13H,14H2,1-2H3,(H,22,24). The molecule has 1 amide bonds. The normalized spacial score (nSPS) is 10.4. The monoisotopic (exact) mass is 348 g/mol. The van der Waals surface area contributed by atoms with Gasteiger partial charge in [-0.15, -0.1) is 0 Å². The van der Waals surface area contributed by atoms with Crippen molar-refractivity contribution in [3.63, 3.8) is 0 Å². The zero-order chi connectivity index (χ0) is 18.5. The van der Waals surface area contributed by atoms with Crippen LogP contribution in [-0.2, 0) is 6.61 Å². The summed E-state index contributed by atoms with van der Waals surface area (Å²) in [5.41, 5.74) is 3.29. The maximum absolute atomic E-state index is 12.5. The van der Waals surface area contributed by atoms with Crippen molar-refractivity contribution in [3.05, 3.63) is 99.5 Å². The van der Waals surface area contributed by atoms with E-state index in [0.717, 1.165) is 21.4 Å². The van der Waals surface area contributed by atoms with Crippen LogP contribution in [0.3, 0.4) is 0 Å². The minimum Gasteiger partial charge on any atom is -0.406 e. The molecule has 0 radical (unpaired) electrons. The third-order valence-electron chi connectivity index (χ3n) is 3.93. The van der Waals surface area contributed by atoms with Crippen LogP contribution in [-0.4, -0.2) is 10.6 Å². The first kappa shape index (κ1) is 17.5. The highest BCUT2D eigenvalue weighted by Crippen LogP contribution is 2.10. The van der Waals surface area contributed by atoms with Crippen molar-refractivity contribution < 1.29 is 9.63 Å². The van der Waals surface area contributed by atoms with Gasteiger partial charge in [-0.25, -0.2) is 0 Å². The molecular weight excluding hydrogens is 328 g/mol. The number of carbonyl (C=O) groups excluding carboxylic acids is 1. The molecule has 2 aromatic carbocycles. The summed E-state index contributed by atoms with van der Waals surface area (Å²) in [6.45, 7) is 4.18. The number of aryl methyl sites for hydroxylation is 2. The molecule has 0 saturated heterocycles. The van der Waals surface area contributed by atoms with Crippen LogP contribution in [0.4, 0.5) is 5.69 Å². The van der Waals surface area contributed by atoms with Crippen molar-refractivity contribution in [2.24, 2.45) is 0 Å². The molecule has 0 aliphatic rings. The minimum atomic E-state index is -0.496. The third kappa shape index (κ3) is 4.19. The lowest BCUT2D eigenvalue weighted by Crippen LogP contribution is -2.32. The third-order valence-corrected chi connectivity index (χ3v) is 3.93. The Morgan fingerprint density at radius 2 is 1.77 bits per heavy atom. The lowest BCUT2D eigenvalue weighted by atomic mass is 10.2. The second-order valence-electron chi connectivity index (χ2n) is 6.14. The van der Waals surface area contributed by atoms with E-state index in [0.29, 0.717) is 5.69 Å². The van der Waals surface area contributed by atoms with E-state index in [1.54, 1.807) is 12.1 Å². The van der Waals surface area contributed by atoms with Crippen molar-refractivity contribution in [1.29, 1.82) is 0 Å². The number of benzene rings is 2. The first-order chi connectivity index (χ1) is 12.5. The summed E-state index contributed by atoms with van der Waals surface area (Å²) >= 11 is 0. The predicted octanol–water partition coefficient (Wildman–Crippen LogP) is 3.35. The van der Waals surface area contributed by atoms with Gasteiger partial charge < -0.3 is 10.2 Å². The van der Waals surface area contributed by atoms with Crippen molar-refractivity contribution in [1.82, 2.24) is 4.73 Å². The highest BCUT2D eigenvalue weighted by atomic mass is 16.7. The number of pyridine rings is 1. The molecular formula is C21H20N2O3. The van der Waals surface area contributed by atoms with Gasteiger partial charge in [-0.2, -0.15) is 4.73 Å². The Hall–Kier alpha value is -3.34. The van der Waals surface area contributed by atoms with Crippen LogP contribution in [0.15, 0.2) is 71.7 Å². The Kier molecular flexibility index (Phi) is 5.17. The lowest BCUT2D eigenvalue weighted by Gasteiger charge is -2.10. The molecule has 3 rings (SSSR count). The summed E-state index contributed by atoms with van der Waals surface area (Å²) in [5, 5.41) is 2.74. The summed E-state index contributed by atoms with van der Waals surface area (Å²) < 4.78 is 1.09. The van der Waals surface area contributed by atoms with Crippen LogP contribution in [0.1, 0.15) is 27.0 Å². The van der Waals surface area contributed by atoms with Crippen LogP contribution in [0, 0.1) is 13.8 Å². The minimum absolute atomic E-state index is 0.0258. The molecule has 5 heteroatoms. The Labute approximate surface area is 151 Å². The van der Waals surface area contributed by atoms with E-state index in [1.807, 2.05) is 56.3 Å². The van der Waals surface area contributed by atoms with Gasteiger partial charge in [0.2, 0.25) is 0 Å². The van der Waals surface area contributed by atoms with Gasteiger partial charge in [0.1, 0.15) is 12.2 Å². The van der Waals surface area contributed by atoms with E-state index < -0.39 is 11.5 Å².